The van der Waals surface area contributed by atoms with Gasteiger partial charge in [-0.1, -0.05) is 19.9 Å². The molecule has 1 amide bonds. The number of nitrogens with one attached hydrogen (secondary N) is 1. The maximum Gasteiger partial charge on any atom is 0.331 e. The molecule has 1 heterocycles. The van der Waals surface area contributed by atoms with Gasteiger partial charge < -0.3 is 15.2 Å². The third-order valence-corrected chi connectivity index (χ3v) is 3.70. The summed E-state index contributed by atoms with van der Waals surface area (Å²) < 4.78 is 19.8. The number of halogens is 1. The van der Waals surface area contributed by atoms with Gasteiger partial charge in [0.15, 0.2) is 5.54 Å². The molecule has 0 spiro atoms. The second kappa shape index (κ2) is 7.61. The molecule has 0 bridgehead atoms. The van der Waals surface area contributed by atoms with Crippen molar-refractivity contribution in [3.63, 3.8) is 0 Å². The maximum absolute atomic E-state index is 13.5. The zero-order valence-electron chi connectivity index (χ0n) is 15.0. The van der Waals surface area contributed by atoms with Crippen LogP contribution in [-0.4, -0.2) is 51.0 Å². The van der Waals surface area contributed by atoms with Crippen LogP contribution < -0.4 is 5.32 Å². The molecule has 2 N–H and O–H groups in total. The van der Waals surface area contributed by atoms with Crippen LogP contribution in [0.4, 0.5) is 4.39 Å². The fourth-order valence-corrected chi connectivity index (χ4v) is 2.34. The molecule has 0 aliphatic rings. The van der Waals surface area contributed by atoms with Crippen molar-refractivity contribution in [1.82, 2.24) is 20.1 Å². The molecule has 26 heavy (non-hydrogen) atoms. The van der Waals surface area contributed by atoms with Gasteiger partial charge in [0.1, 0.15) is 11.6 Å². The van der Waals surface area contributed by atoms with E-state index in [0.29, 0.717) is 11.5 Å². The second-order valence-electron chi connectivity index (χ2n) is 6.36. The number of carbonyl (C=O) groups is 2. The highest BCUT2D eigenvalue weighted by Crippen LogP contribution is 2.18. The minimum absolute atomic E-state index is 0.0999. The molecule has 140 valence electrons. The van der Waals surface area contributed by atoms with Crippen LogP contribution in [0.3, 0.4) is 0 Å². The van der Waals surface area contributed by atoms with E-state index >= 15 is 0 Å². The SMILES string of the molecule is COCC(C)(NC(=O)c1nc(C(C)C)n(-c2cccc(F)c2)n1)C(=O)O. The molecule has 0 aliphatic heterocycles. The lowest BCUT2D eigenvalue weighted by Gasteiger charge is -2.24. The predicted molar refractivity (Wildman–Crippen MR) is 90.8 cm³/mol. The molecule has 0 fully saturated rings. The van der Waals surface area contributed by atoms with E-state index in [1.165, 1.54) is 36.9 Å². The molecule has 9 heteroatoms. The summed E-state index contributed by atoms with van der Waals surface area (Å²) in [6, 6.07) is 5.73. The number of hydrogen-bond acceptors (Lipinski definition) is 5. The predicted octanol–water partition coefficient (Wildman–Crippen LogP) is 1.75. The highest BCUT2D eigenvalue weighted by molar-refractivity contribution is 5.95. The number of carbonyl (C=O) groups excluding carboxylic acids is 1. The van der Waals surface area contributed by atoms with Crippen LogP contribution in [0, 0.1) is 5.82 Å². The van der Waals surface area contributed by atoms with Gasteiger partial charge in [-0.15, -0.1) is 5.10 Å². The second-order valence-corrected chi connectivity index (χ2v) is 6.36. The van der Waals surface area contributed by atoms with Gasteiger partial charge in [0, 0.05) is 13.0 Å². The van der Waals surface area contributed by atoms with Crippen LogP contribution in [0.5, 0.6) is 0 Å². The molecular formula is C17H21FN4O4. The van der Waals surface area contributed by atoms with Crippen molar-refractivity contribution in [2.45, 2.75) is 32.2 Å². The third kappa shape index (κ3) is 4.05. The summed E-state index contributed by atoms with van der Waals surface area (Å²) in [5.41, 5.74) is -1.22. The number of methoxy groups -OCH3 is 1. The minimum Gasteiger partial charge on any atom is -0.479 e. The molecule has 2 rings (SSSR count). The van der Waals surface area contributed by atoms with Gasteiger partial charge in [0.25, 0.3) is 5.91 Å². The number of carboxylic acid groups (broad SMARTS) is 1. The highest BCUT2D eigenvalue weighted by Gasteiger charge is 2.36. The van der Waals surface area contributed by atoms with Gasteiger partial charge in [-0.3, -0.25) is 4.79 Å². The van der Waals surface area contributed by atoms with E-state index in [4.69, 9.17) is 4.74 Å². The van der Waals surface area contributed by atoms with Crippen LogP contribution in [0.2, 0.25) is 0 Å². The first-order valence-electron chi connectivity index (χ1n) is 7.95. The minimum atomic E-state index is -1.63. The smallest absolute Gasteiger partial charge is 0.331 e. The van der Waals surface area contributed by atoms with Crippen LogP contribution in [-0.2, 0) is 9.53 Å². The Labute approximate surface area is 150 Å². The number of carboxylic acids is 1. The number of benzene rings is 1. The van der Waals surface area contributed by atoms with Crippen molar-refractivity contribution in [2.24, 2.45) is 0 Å². The van der Waals surface area contributed by atoms with Crippen molar-refractivity contribution in [1.29, 1.82) is 0 Å². The van der Waals surface area contributed by atoms with Gasteiger partial charge >= 0.3 is 5.97 Å². The average molecular weight is 364 g/mol. The number of aliphatic carboxylic acids is 1. The monoisotopic (exact) mass is 364 g/mol. The van der Waals surface area contributed by atoms with E-state index in [-0.39, 0.29) is 18.3 Å². The summed E-state index contributed by atoms with van der Waals surface area (Å²) in [6.07, 6.45) is 0. The first kappa shape index (κ1) is 19.5. The van der Waals surface area contributed by atoms with Gasteiger partial charge in [-0.25, -0.2) is 18.9 Å². The Bertz CT molecular complexity index is 821. The van der Waals surface area contributed by atoms with E-state index in [1.54, 1.807) is 6.07 Å². The Balaban J connectivity index is 2.40. The Hall–Kier alpha value is -2.81. The fraction of sp³-hybridized carbons (Fsp3) is 0.412. The van der Waals surface area contributed by atoms with Gasteiger partial charge in [-0.05, 0) is 25.1 Å². The molecular weight excluding hydrogens is 343 g/mol. The van der Waals surface area contributed by atoms with E-state index in [9.17, 15) is 19.1 Å². The van der Waals surface area contributed by atoms with Crippen LogP contribution >= 0.6 is 0 Å². The number of nitrogens with zero attached hydrogens (tertiary/aromatic N) is 3. The van der Waals surface area contributed by atoms with Crippen molar-refractivity contribution in [2.75, 3.05) is 13.7 Å². The van der Waals surface area contributed by atoms with Crippen LogP contribution in [0.25, 0.3) is 5.69 Å². The van der Waals surface area contributed by atoms with Crippen LogP contribution in [0.15, 0.2) is 24.3 Å². The molecule has 1 aromatic heterocycles. The van der Waals surface area contributed by atoms with Crippen molar-refractivity contribution in [3.8, 4) is 5.69 Å². The number of aromatic nitrogens is 3. The maximum atomic E-state index is 13.5. The van der Waals surface area contributed by atoms with E-state index < -0.39 is 23.2 Å². The van der Waals surface area contributed by atoms with Crippen molar-refractivity contribution in [3.05, 3.63) is 41.7 Å². The number of rotatable bonds is 7. The zero-order chi connectivity index (χ0) is 19.5. The average Bonchev–Trinajstić information content (AvgIpc) is 3.00. The third-order valence-electron chi connectivity index (χ3n) is 3.70. The first-order chi connectivity index (χ1) is 12.2. The van der Waals surface area contributed by atoms with Gasteiger partial charge in [0.2, 0.25) is 5.82 Å². The molecule has 0 aliphatic carbocycles. The Morgan fingerprint density at radius 1 is 1.42 bits per heavy atom. The highest BCUT2D eigenvalue weighted by atomic mass is 19.1. The van der Waals surface area contributed by atoms with E-state index in [0.717, 1.165) is 0 Å². The summed E-state index contributed by atoms with van der Waals surface area (Å²) in [5, 5.41) is 15.8. The normalized spacial score (nSPS) is 13.5. The molecule has 0 radical (unpaired) electrons. The lowest BCUT2D eigenvalue weighted by molar-refractivity contribution is -0.145. The number of ether oxygens (including phenoxy) is 1. The molecule has 2 aromatic rings. The van der Waals surface area contributed by atoms with E-state index in [2.05, 4.69) is 15.4 Å². The summed E-state index contributed by atoms with van der Waals surface area (Å²) in [4.78, 5) is 28.1. The van der Waals surface area contributed by atoms with Gasteiger partial charge in [0.05, 0.1) is 12.3 Å². The molecule has 8 nitrogen and oxygen atoms in total. The summed E-state index contributed by atoms with van der Waals surface area (Å²) >= 11 is 0. The number of amides is 1. The first-order valence-corrected chi connectivity index (χ1v) is 7.95. The lowest BCUT2D eigenvalue weighted by Crippen LogP contribution is -2.55. The Morgan fingerprint density at radius 3 is 2.65 bits per heavy atom. The van der Waals surface area contributed by atoms with Crippen molar-refractivity contribution >= 4 is 11.9 Å². The van der Waals surface area contributed by atoms with Crippen molar-refractivity contribution < 1.29 is 23.8 Å². The Morgan fingerprint density at radius 2 is 2.12 bits per heavy atom. The van der Waals surface area contributed by atoms with Gasteiger partial charge in [-0.2, -0.15) is 0 Å². The summed E-state index contributed by atoms with van der Waals surface area (Å²) in [7, 11) is 1.33. The molecule has 1 atom stereocenters. The zero-order valence-corrected chi connectivity index (χ0v) is 15.0. The quantitative estimate of drug-likeness (QED) is 0.775. The summed E-state index contributed by atoms with van der Waals surface area (Å²) in [5.74, 6) is -2.31. The fourth-order valence-electron chi connectivity index (χ4n) is 2.34. The Kier molecular flexibility index (Phi) is 5.71. The molecule has 1 unspecified atom stereocenters. The summed E-state index contributed by atoms with van der Waals surface area (Å²) in [6.45, 7) is 4.81. The van der Waals surface area contributed by atoms with Crippen LogP contribution in [0.1, 0.15) is 43.1 Å². The van der Waals surface area contributed by atoms with E-state index in [1.807, 2.05) is 13.8 Å². The molecule has 1 aromatic carbocycles. The molecule has 0 saturated heterocycles. The molecule has 0 saturated carbocycles. The largest absolute Gasteiger partial charge is 0.479 e. The lowest BCUT2D eigenvalue weighted by atomic mass is 10.0. The topological polar surface area (TPSA) is 106 Å². The number of hydrogen-bond donors (Lipinski definition) is 2. The standard InChI is InChI=1S/C17H21FN4O4/c1-10(2)14-19-13(15(23)20-17(3,9-26-4)16(24)25)21-22(14)12-7-5-6-11(18)8-12/h5-8,10H,9H2,1-4H3,(H,20,23)(H,24,25).